The molecule has 106 valence electrons. The second-order valence-corrected chi connectivity index (χ2v) is 5.58. The van der Waals surface area contributed by atoms with Crippen LogP contribution in [0.25, 0.3) is 10.9 Å². The largest absolute Gasteiger partial charge is 0.489 e. The molecule has 3 nitrogen and oxygen atoms in total. The van der Waals surface area contributed by atoms with Gasteiger partial charge in [0.25, 0.3) is 0 Å². The molecule has 1 N–H and O–H groups in total. The van der Waals surface area contributed by atoms with Crippen LogP contribution in [0.15, 0.2) is 59.2 Å². The van der Waals surface area contributed by atoms with E-state index in [1.54, 1.807) is 6.20 Å². The fourth-order valence-corrected chi connectivity index (χ4v) is 2.52. The summed E-state index contributed by atoms with van der Waals surface area (Å²) >= 11 is 3.39. The Morgan fingerprint density at radius 1 is 1.10 bits per heavy atom. The van der Waals surface area contributed by atoms with Crippen LogP contribution in [0.3, 0.4) is 0 Å². The molecule has 0 atom stereocenters. The van der Waals surface area contributed by atoms with Crippen LogP contribution < -0.4 is 4.74 Å². The smallest absolute Gasteiger partial charge is 0.120 e. The summed E-state index contributed by atoms with van der Waals surface area (Å²) in [6.45, 7) is 0.469. The molecule has 0 aliphatic carbocycles. The highest BCUT2D eigenvalue weighted by atomic mass is 79.9. The average Bonchev–Trinajstić information content (AvgIpc) is 2.54. The number of aromatic nitrogens is 1. The Balaban J connectivity index is 1.76. The number of hydrogen-bond acceptors (Lipinski definition) is 3. The van der Waals surface area contributed by atoms with Crippen molar-refractivity contribution in [2.75, 3.05) is 0 Å². The Bertz CT molecular complexity index is 774. The number of aliphatic hydroxyl groups excluding tert-OH is 1. The summed E-state index contributed by atoms with van der Waals surface area (Å²) in [6, 6.07) is 15.7. The summed E-state index contributed by atoms with van der Waals surface area (Å²) in [6.07, 6.45) is 1.79. The molecule has 21 heavy (non-hydrogen) atoms. The second-order valence-electron chi connectivity index (χ2n) is 4.73. The van der Waals surface area contributed by atoms with Gasteiger partial charge in [0.2, 0.25) is 0 Å². The fourth-order valence-electron chi connectivity index (χ4n) is 2.14. The maximum absolute atomic E-state index is 9.25. The molecule has 3 rings (SSSR count). The van der Waals surface area contributed by atoms with Crippen molar-refractivity contribution in [2.45, 2.75) is 13.2 Å². The van der Waals surface area contributed by atoms with Crippen molar-refractivity contribution in [2.24, 2.45) is 0 Å². The Hall–Kier alpha value is -1.91. The van der Waals surface area contributed by atoms with Crippen molar-refractivity contribution in [3.63, 3.8) is 0 Å². The monoisotopic (exact) mass is 343 g/mol. The minimum absolute atomic E-state index is 0.0145. The molecule has 0 radical (unpaired) electrons. The van der Waals surface area contributed by atoms with Crippen molar-refractivity contribution < 1.29 is 9.84 Å². The lowest BCUT2D eigenvalue weighted by molar-refractivity contribution is 0.277. The van der Waals surface area contributed by atoms with Gasteiger partial charge in [0, 0.05) is 16.1 Å². The maximum atomic E-state index is 9.25. The van der Waals surface area contributed by atoms with Gasteiger partial charge in [-0.2, -0.15) is 0 Å². The molecule has 0 aliphatic heterocycles. The van der Waals surface area contributed by atoms with E-state index >= 15 is 0 Å². The van der Waals surface area contributed by atoms with Gasteiger partial charge in [-0.1, -0.05) is 28.1 Å². The lowest BCUT2D eigenvalue weighted by atomic mass is 10.1. The van der Waals surface area contributed by atoms with Crippen LogP contribution >= 0.6 is 15.9 Å². The van der Waals surface area contributed by atoms with Crippen molar-refractivity contribution >= 4 is 26.8 Å². The van der Waals surface area contributed by atoms with Crippen molar-refractivity contribution in [3.8, 4) is 5.75 Å². The third kappa shape index (κ3) is 3.23. The highest BCUT2D eigenvalue weighted by Gasteiger charge is 2.03. The topological polar surface area (TPSA) is 42.4 Å². The molecule has 0 saturated carbocycles. The van der Waals surface area contributed by atoms with E-state index in [0.717, 1.165) is 32.3 Å². The molecule has 0 fully saturated rings. The van der Waals surface area contributed by atoms with E-state index in [9.17, 15) is 5.11 Å². The SMILES string of the molecule is OCc1cc(OCc2ccc3ncccc3c2)ccc1Br. The summed E-state index contributed by atoms with van der Waals surface area (Å²) in [5.74, 6) is 0.744. The number of halogens is 1. The summed E-state index contributed by atoms with van der Waals surface area (Å²) in [5.41, 5.74) is 2.88. The van der Waals surface area contributed by atoms with Gasteiger partial charge in [0.15, 0.2) is 0 Å². The van der Waals surface area contributed by atoms with Gasteiger partial charge in [0.1, 0.15) is 12.4 Å². The van der Waals surface area contributed by atoms with Gasteiger partial charge in [0.05, 0.1) is 12.1 Å². The summed E-state index contributed by atoms with van der Waals surface area (Å²) in [5, 5.41) is 10.4. The number of ether oxygens (including phenoxy) is 1. The number of nitrogens with zero attached hydrogens (tertiary/aromatic N) is 1. The summed E-state index contributed by atoms with van der Waals surface area (Å²) < 4.78 is 6.67. The van der Waals surface area contributed by atoms with Gasteiger partial charge in [-0.3, -0.25) is 4.98 Å². The molecular weight excluding hydrogens is 330 g/mol. The minimum atomic E-state index is -0.0145. The van der Waals surface area contributed by atoms with Gasteiger partial charge in [-0.15, -0.1) is 0 Å². The highest BCUT2D eigenvalue weighted by molar-refractivity contribution is 9.10. The minimum Gasteiger partial charge on any atom is -0.489 e. The molecule has 3 aromatic rings. The van der Waals surface area contributed by atoms with Crippen LogP contribution in [-0.2, 0) is 13.2 Å². The predicted octanol–water partition coefficient (Wildman–Crippen LogP) is 4.07. The molecule has 2 aromatic carbocycles. The summed E-state index contributed by atoms with van der Waals surface area (Å²) in [4.78, 5) is 4.30. The van der Waals surface area contributed by atoms with E-state index in [2.05, 4.69) is 27.0 Å². The first-order valence-electron chi connectivity index (χ1n) is 6.62. The van der Waals surface area contributed by atoms with Gasteiger partial charge >= 0.3 is 0 Å². The first-order valence-corrected chi connectivity index (χ1v) is 7.41. The zero-order chi connectivity index (χ0) is 14.7. The zero-order valence-electron chi connectivity index (χ0n) is 11.3. The van der Waals surface area contributed by atoms with Crippen molar-refractivity contribution in [1.82, 2.24) is 4.98 Å². The molecule has 0 aliphatic rings. The molecule has 0 bridgehead atoms. The van der Waals surface area contributed by atoms with E-state index in [1.165, 1.54) is 0 Å². The number of benzene rings is 2. The quantitative estimate of drug-likeness (QED) is 0.776. The maximum Gasteiger partial charge on any atom is 0.120 e. The zero-order valence-corrected chi connectivity index (χ0v) is 12.9. The van der Waals surface area contributed by atoms with E-state index in [0.29, 0.717) is 6.61 Å². The van der Waals surface area contributed by atoms with E-state index in [4.69, 9.17) is 4.74 Å². The van der Waals surface area contributed by atoms with Crippen LogP contribution in [0.4, 0.5) is 0 Å². The standard InChI is InChI=1S/C17H14BrNO2/c18-16-5-4-15(9-14(16)10-20)21-11-12-3-6-17-13(8-12)2-1-7-19-17/h1-9,20H,10-11H2. The van der Waals surface area contributed by atoms with Gasteiger partial charge in [-0.25, -0.2) is 0 Å². The molecule has 0 unspecified atom stereocenters. The van der Waals surface area contributed by atoms with Crippen LogP contribution in [-0.4, -0.2) is 10.1 Å². The first-order chi connectivity index (χ1) is 10.3. The molecule has 0 spiro atoms. The Labute approximate surface area is 131 Å². The molecule has 4 heteroatoms. The van der Waals surface area contributed by atoms with Crippen molar-refractivity contribution in [3.05, 3.63) is 70.3 Å². The third-order valence-corrected chi connectivity index (χ3v) is 4.03. The molecule has 1 heterocycles. The van der Waals surface area contributed by atoms with Crippen LogP contribution in [0.2, 0.25) is 0 Å². The van der Waals surface area contributed by atoms with E-state index < -0.39 is 0 Å². The van der Waals surface area contributed by atoms with E-state index in [1.807, 2.05) is 42.5 Å². The van der Waals surface area contributed by atoms with Crippen LogP contribution in [0.1, 0.15) is 11.1 Å². The lowest BCUT2D eigenvalue weighted by Gasteiger charge is -2.09. The molecular formula is C17H14BrNO2. The lowest BCUT2D eigenvalue weighted by Crippen LogP contribution is -1.97. The van der Waals surface area contributed by atoms with Gasteiger partial charge < -0.3 is 9.84 Å². The van der Waals surface area contributed by atoms with Crippen LogP contribution in [0.5, 0.6) is 5.75 Å². The van der Waals surface area contributed by atoms with Crippen LogP contribution in [0, 0.1) is 0 Å². The molecule has 0 amide bonds. The average molecular weight is 344 g/mol. The Morgan fingerprint density at radius 3 is 2.86 bits per heavy atom. The number of fused-ring (bicyclic) bond motifs is 1. The number of aliphatic hydroxyl groups is 1. The number of rotatable bonds is 4. The molecule has 0 saturated heterocycles. The van der Waals surface area contributed by atoms with Gasteiger partial charge in [-0.05, 0) is 47.5 Å². The van der Waals surface area contributed by atoms with Crippen molar-refractivity contribution in [1.29, 1.82) is 0 Å². The second kappa shape index (κ2) is 6.24. The normalized spacial score (nSPS) is 10.8. The molecule has 1 aromatic heterocycles. The Kier molecular flexibility index (Phi) is 4.18. The summed E-state index contributed by atoms with van der Waals surface area (Å²) in [7, 11) is 0. The number of hydrogen-bond donors (Lipinski definition) is 1. The highest BCUT2D eigenvalue weighted by Crippen LogP contribution is 2.23. The predicted molar refractivity (Wildman–Crippen MR) is 86.1 cm³/mol. The Morgan fingerprint density at radius 2 is 2.00 bits per heavy atom. The fraction of sp³-hybridized carbons (Fsp3) is 0.118. The third-order valence-electron chi connectivity index (χ3n) is 3.26. The number of pyridine rings is 1. The first kappa shape index (κ1) is 14.0. The van der Waals surface area contributed by atoms with E-state index in [-0.39, 0.29) is 6.61 Å².